The van der Waals surface area contributed by atoms with Crippen molar-refractivity contribution in [3.05, 3.63) is 65.2 Å². The van der Waals surface area contributed by atoms with Gasteiger partial charge in [0.05, 0.1) is 6.61 Å². The highest BCUT2D eigenvalue weighted by Crippen LogP contribution is 2.12. The first-order chi connectivity index (χ1) is 9.69. The summed E-state index contributed by atoms with van der Waals surface area (Å²) in [6, 6.07) is 16.3. The molecule has 3 heteroatoms. The van der Waals surface area contributed by atoms with Gasteiger partial charge in [-0.25, -0.2) is 0 Å². The van der Waals surface area contributed by atoms with Gasteiger partial charge in [-0.15, -0.1) is 0 Å². The Morgan fingerprint density at radius 2 is 1.90 bits per heavy atom. The zero-order valence-corrected chi connectivity index (χ0v) is 12.7. The van der Waals surface area contributed by atoms with Crippen LogP contribution in [0, 0.1) is 6.92 Å². The Balaban J connectivity index is 1.94. The molecule has 2 aromatic carbocycles. The standard InChI is InChI=1S/C17H19NOS/c1-3-19-16-9-7-15(8-10-16)17(20)18-12-14-6-4-5-13(2)11-14/h4-11H,3,12H2,1-2H3,(H,18,20). The minimum absolute atomic E-state index is 0.676. The molecule has 0 spiro atoms. The molecule has 0 unspecified atom stereocenters. The maximum absolute atomic E-state index is 5.42. The van der Waals surface area contributed by atoms with Crippen LogP contribution >= 0.6 is 12.2 Å². The van der Waals surface area contributed by atoms with Gasteiger partial charge in [0, 0.05) is 12.1 Å². The largest absolute Gasteiger partial charge is 0.494 e. The predicted octanol–water partition coefficient (Wildman–Crippen LogP) is 3.86. The van der Waals surface area contributed by atoms with Crippen LogP contribution in [-0.2, 0) is 6.54 Å². The molecule has 0 aliphatic carbocycles. The van der Waals surface area contributed by atoms with Gasteiger partial charge in [-0.1, -0.05) is 42.0 Å². The summed E-state index contributed by atoms with van der Waals surface area (Å²) in [6.07, 6.45) is 0. The van der Waals surface area contributed by atoms with Gasteiger partial charge < -0.3 is 10.1 Å². The van der Waals surface area contributed by atoms with E-state index in [1.54, 1.807) is 0 Å². The molecule has 0 amide bonds. The van der Waals surface area contributed by atoms with E-state index in [4.69, 9.17) is 17.0 Å². The van der Waals surface area contributed by atoms with Crippen molar-refractivity contribution in [2.45, 2.75) is 20.4 Å². The Hall–Kier alpha value is -1.87. The van der Waals surface area contributed by atoms with E-state index in [2.05, 4.69) is 36.5 Å². The number of aryl methyl sites for hydroxylation is 1. The second kappa shape index (κ2) is 7.06. The molecule has 20 heavy (non-hydrogen) atoms. The van der Waals surface area contributed by atoms with Crippen molar-refractivity contribution in [3.63, 3.8) is 0 Å². The van der Waals surface area contributed by atoms with E-state index in [1.165, 1.54) is 11.1 Å². The molecule has 0 aliphatic rings. The minimum Gasteiger partial charge on any atom is -0.494 e. The lowest BCUT2D eigenvalue weighted by molar-refractivity contribution is 0.340. The van der Waals surface area contributed by atoms with Gasteiger partial charge in [-0.05, 0) is 43.7 Å². The highest BCUT2D eigenvalue weighted by atomic mass is 32.1. The van der Waals surface area contributed by atoms with Crippen molar-refractivity contribution in [2.75, 3.05) is 6.61 Å². The van der Waals surface area contributed by atoms with Crippen molar-refractivity contribution in [3.8, 4) is 5.75 Å². The van der Waals surface area contributed by atoms with Gasteiger partial charge in [0.15, 0.2) is 0 Å². The van der Waals surface area contributed by atoms with E-state index >= 15 is 0 Å². The highest BCUT2D eigenvalue weighted by molar-refractivity contribution is 7.80. The summed E-state index contributed by atoms with van der Waals surface area (Å²) >= 11 is 5.41. The Kier molecular flexibility index (Phi) is 5.13. The summed E-state index contributed by atoms with van der Waals surface area (Å²) in [5.41, 5.74) is 3.51. The number of hydrogen-bond donors (Lipinski definition) is 1. The van der Waals surface area contributed by atoms with Crippen molar-refractivity contribution in [2.24, 2.45) is 0 Å². The number of benzene rings is 2. The van der Waals surface area contributed by atoms with Crippen LogP contribution in [0.3, 0.4) is 0 Å². The van der Waals surface area contributed by atoms with Crippen LogP contribution in [0.1, 0.15) is 23.6 Å². The van der Waals surface area contributed by atoms with Crippen LogP contribution < -0.4 is 10.1 Å². The fourth-order valence-corrected chi connectivity index (χ4v) is 2.18. The second-order valence-electron chi connectivity index (χ2n) is 4.63. The summed E-state index contributed by atoms with van der Waals surface area (Å²) in [6.45, 7) is 5.49. The van der Waals surface area contributed by atoms with Gasteiger partial charge in [0.25, 0.3) is 0 Å². The molecule has 0 bridgehead atoms. The summed E-state index contributed by atoms with van der Waals surface area (Å²) in [7, 11) is 0. The molecule has 1 N–H and O–H groups in total. The minimum atomic E-state index is 0.676. The van der Waals surface area contributed by atoms with Crippen molar-refractivity contribution in [1.82, 2.24) is 5.32 Å². The number of thiocarbonyl (C=S) groups is 1. The van der Waals surface area contributed by atoms with E-state index in [0.29, 0.717) is 6.61 Å². The van der Waals surface area contributed by atoms with Crippen LogP contribution in [0.4, 0.5) is 0 Å². The molecular formula is C17H19NOS. The van der Waals surface area contributed by atoms with Crippen LogP contribution in [0.15, 0.2) is 48.5 Å². The van der Waals surface area contributed by atoms with Gasteiger partial charge in [0.2, 0.25) is 0 Å². The molecule has 0 fully saturated rings. The lowest BCUT2D eigenvalue weighted by Crippen LogP contribution is -2.21. The number of rotatable bonds is 5. The Labute approximate surface area is 125 Å². The average molecular weight is 285 g/mol. The van der Waals surface area contributed by atoms with Crippen molar-refractivity contribution in [1.29, 1.82) is 0 Å². The molecule has 0 saturated carbocycles. The smallest absolute Gasteiger partial charge is 0.119 e. The molecule has 2 rings (SSSR count). The van der Waals surface area contributed by atoms with Crippen LogP contribution in [0.2, 0.25) is 0 Å². The molecule has 0 aromatic heterocycles. The highest BCUT2D eigenvalue weighted by Gasteiger charge is 2.02. The summed E-state index contributed by atoms with van der Waals surface area (Å²) in [5.74, 6) is 0.873. The number of nitrogens with one attached hydrogen (secondary N) is 1. The third kappa shape index (κ3) is 4.07. The fourth-order valence-electron chi connectivity index (χ4n) is 1.98. The molecule has 0 atom stereocenters. The SMILES string of the molecule is CCOc1ccc(C(=S)NCc2cccc(C)c2)cc1. The molecule has 2 nitrogen and oxygen atoms in total. The first-order valence-electron chi connectivity index (χ1n) is 6.75. The maximum atomic E-state index is 5.42. The van der Waals surface area contributed by atoms with Crippen molar-refractivity contribution < 1.29 is 4.74 Å². The zero-order valence-electron chi connectivity index (χ0n) is 11.8. The van der Waals surface area contributed by atoms with Gasteiger partial charge in [-0.3, -0.25) is 0 Å². The van der Waals surface area contributed by atoms with Gasteiger partial charge in [0.1, 0.15) is 10.7 Å². The second-order valence-corrected chi connectivity index (χ2v) is 5.04. The van der Waals surface area contributed by atoms with E-state index in [-0.39, 0.29) is 0 Å². The number of hydrogen-bond acceptors (Lipinski definition) is 2. The normalized spacial score (nSPS) is 10.1. The van der Waals surface area contributed by atoms with Gasteiger partial charge in [-0.2, -0.15) is 0 Å². The van der Waals surface area contributed by atoms with Crippen molar-refractivity contribution >= 4 is 17.2 Å². The molecule has 2 aromatic rings. The maximum Gasteiger partial charge on any atom is 0.119 e. The first kappa shape index (κ1) is 14.5. The van der Waals surface area contributed by atoms with E-state index in [9.17, 15) is 0 Å². The quantitative estimate of drug-likeness (QED) is 0.843. The monoisotopic (exact) mass is 285 g/mol. The molecule has 0 heterocycles. The Bertz CT molecular complexity index is 578. The van der Waals surface area contributed by atoms with Crippen LogP contribution in [0.5, 0.6) is 5.75 Å². The molecule has 0 aliphatic heterocycles. The lowest BCUT2D eigenvalue weighted by Gasteiger charge is -2.09. The molecule has 0 saturated heterocycles. The van der Waals surface area contributed by atoms with E-state index < -0.39 is 0 Å². The fraction of sp³-hybridized carbons (Fsp3) is 0.235. The lowest BCUT2D eigenvalue weighted by atomic mass is 10.1. The van der Waals surface area contributed by atoms with Crippen LogP contribution in [-0.4, -0.2) is 11.6 Å². The first-order valence-corrected chi connectivity index (χ1v) is 7.16. The van der Waals surface area contributed by atoms with Crippen LogP contribution in [0.25, 0.3) is 0 Å². The Morgan fingerprint density at radius 3 is 2.55 bits per heavy atom. The summed E-state index contributed by atoms with van der Waals surface area (Å²) in [5, 5.41) is 3.28. The predicted molar refractivity (Wildman–Crippen MR) is 87.3 cm³/mol. The zero-order chi connectivity index (χ0) is 14.4. The summed E-state index contributed by atoms with van der Waals surface area (Å²) < 4.78 is 5.42. The van der Waals surface area contributed by atoms with Gasteiger partial charge >= 0.3 is 0 Å². The molecule has 0 radical (unpaired) electrons. The molecular weight excluding hydrogens is 266 g/mol. The number of ether oxygens (including phenoxy) is 1. The topological polar surface area (TPSA) is 21.3 Å². The van der Waals surface area contributed by atoms with E-state index in [1.807, 2.05) is 31.2 Å². The Morgan fingerprint density at radius 1 is 1.15 bits per heavy atom. The van der Waals surface area contributed by atoms with E-state index in [0.717, 1.165) is 22.8 Å². The average Bonchev–Trinajstić information content (AvgIpc) is 2.46. The molecule has 104 valence electrons. The third-order valence-electron chi connectivity index (χ3n) is 2.96. The summed E-state index contributed by atoms with van der Waals surface area (Å²) in [4.78, 5) is 0.759. The third-order valence-corrected chi connectivity index (χ3v) is 3.34.